The van der Waals surface area contributed by atoms with Gasteiger partial charge < -0.3 is 14.6 Å². The van der Waals surface area contributed by atoms with Crippen molar-refractivity contribution >= 4 is 12.4 Å². The number of morpholine rings is 1. The molecule has 0 radical (unpaired) electrons. The van der Waals surface area contributed by atoms with E-state index in [9.17, 15) is 0 Å². The van der Waals surface area contributed by atoms with Crippen molar-refractivity contribution in [2.45, 2.75) is 6.10 Å². The SMILES string of the molecule is Cl.c1cncc(-c2noc(C3CNCCO3)n2)c1. The van der Waals surface area contributed by atoms with E-state index in [-0.39, 0.29) is 18.5 Å². The molecule has 1 unspecified atom stereocenters. The molecule has 3 heterocycles. The molecule has 2 aromatic rings. The Morgan fingerprint density at radius 3 is 3.06 bits per heavy atom. The third kappa shape index (κ3) is 2.66. The zero-order valence-electron chi connectivity index (χ0n) is 9.57. The number of rotatable bonds is 2. The summed E-state index contributed by atoms with van der Waals surface area (Å²) in [4.78, 5) is 8.34. The van der Waals surface area contributed by atoms with Crippen LogP contribution in [0.2, 0.25) is 0 Å². The lowest BCUT2D eigenvalue weighted by molar-refractivity contribution is 0.00755. The molecule has 0 aromatic carbocycles. The van der Waals surface area contributed by atoms with Crippen molar-refractivity contribution in [3.63, 3.8) is 0 Å². The first-order chi connectivity index (χ1) is 8.43. The average molecular weight is 269 g/mol. The normalized spacial score (nSPS) is 19.2. The standard InChI is InChI=1S/C11H12N4O2.ClH/c1-2-8(6-12-3-1)10-14-11(17-15-10)9-7-13-4-5-16-9;/h1-3,6,9,13H,4-5,7H2;1H. The Balaban J connectivity index is 0.00000120. The van der Waals surface area contributed by atoms with Crippen LogP contribution in [0.25, 0.3) is 11.4 Å². The summed E-state index contributed by atoms with van der Waals surface area (Å²) in [5.41, 5.74) is 0.839. The topological polar surface area (TPSA) is 73.1 Å². The fraction of sp³-hybridized carbons (Fsp3) is 0.364. The van der Waals surface area contributed by atoms with Crippen LogP contribution < -0.4 is 5.32 Å². The maximum Gasteiger partial charge on any atom is 0.257 e. The van der Waals surface area contributed by atoms with Crippen LogP contribution in [0.1, 0.15) is 12.0 Å². The predicted molar refractivity (Wildman–Crippen MR) is 66.3 cm³/mol. The van der Waals surface area contributed by atoms with Gasteiger partial charge in [-0.3, -0.25) is 4.98 Å². The summed E-state index contributed by atoms with van der Waals surface area (Å²) in [6.45, 7) is 2.23. The highest BCUT2D eigenvalue weighted by Crippen LogP contribution is 2.20. The van der Waals surface area contributed by atoms with E-state index >= 15 is 0 Å². The summed E-state index contributed by atoms with van der Waals surface area (Å²) >= 11 is 0. The van der Waals surface area contributed by atoms with Crippen molar-refractivity contribution in [3.05, 3.63) is 30.4 Å². The molecular weight excluding hydrogens is 256 g/mol. The molecule has 0 saturated carbocycles. The fourth-order valence-corrected chi connectivity index (χ4v) is 1.70. The molecule has 1 aliphatic heterocycles. The van der Waals surface area contributed by atoms with Crippen LogP contribution in [-0.2, 0) is 4.74 Å². The Labute approximate surface area is 110 Å². The Kier molecular flexibility index (Phi) is 4.24. The minimum atomic E-state index is -0.151. The lowest BCUT2D eigenvalue weighted by atomic mass is 10.2. The quantitative estimate of drug-likeness (QED) is 0.883. The molecule has 18 heavy (non-hydrogen) atoms. The number of nitrogens with zero attached hydrogens (tertiary/aromatic N) is 3. The largest absolute Gasteiger partial charge is 0.366 e. The van der Waals surface area contributed by atoms with Crippen molar-refractivity contribution in [1.82, 2.24) is 20.4 Å². The number of halogens is 1. The second-order valence-electron chi connectivity index (χ2n) is 3.76. The first kappa shape index (κ1) is 12.9. The van der Waals surface area contributed by atoms with Gasteiger partial charge in [-0.1, -0.05) is 5.16 Å². The molecule has 96 valence electrons. The molecular formula is C11H13ClN4O2. The van der Waals surface area contributed by atoms with E-state index in [1.165, 1.54) is 0 Å². The van der Waals surface area contributed by atoms with Crippen molar-refractivity contribution in [1.29, 1.82) is 0 Å². The average Bonchev–Trinajstić information content (AvgIpc) is 2.90. The van der Waals surface area contributed by atoms with E-state index in [0.29, 0.717) is 24.9 Å². The lowest BCUT2D eigenvalue weighted by Gasteiger charge is -2.19. The van der Waals surface area contributed by atoms with Crippen molar-refractivity contribution in [2.24, 2.45) is 0 Å². The monoisotopic (exact) mass is 268 g/mol. The number of aromatic nitrogens is 3. The summed E-state index contributed by atoms with van der Waals surface area (Å²) in [5, 5.41) is 7.14. The van der Waals surface area contributed by atoms with E-state index < -0.39 is 0 Å². The van der Waals surface area contributed by atoms with E-state index in [1.54, 1.807) is 12.4 Å². The van der Waals surface area contributed by atoms with E-state index in [4.69, 9.17) is 9.26 Å². The van der Waals surface area contributed by atoms with Gasteiger partial charge in [0.05, 0.1) is 6.61 Å². The van der Waals surface area contributed by atoms with Gasteiger partial charge in [-0.25, -0.2) is 0 Å². The summed E-state index contributed by atoms with van der Waals surface area (Å²) < 4.78 is 10.7. The molecule has 1 N–H and O–H groups in total. The van der Waals surface area contributed by atoms with Gasteiger partial charge in [0, 0.05) is 31.0 Å². The molecule has 0 bridgehead atoms. The number of nitrogens with one attached hydrogen (secondary N) is 1. The highest BCUT2D eigenvalue weighted by molar-refractivity contribution is 5.85. The summed E-state index contributed by atoms with van der Waals surface area (Å²) in [6.07, 6.45) is 3.26. The molecule has 1 saturated heterocycles. The minimum Gasteiger partial charge on any atom is -0.366 e. The smallest absolute Gasteiger partial charge is 0.257 e. The van der Waals surface area contributed by atoms with Crippen LogP contribution >= 0.6 is 12.4 Å². The number of hydrogen-bond donors (Lipinski definition) is 1. The lowest BCUT2D eigenvalue weighted by Crippen LogP contribution is -2.33. The Hall–Kier alpha value is -1.50. The summed E-state index contributed by atoms with van der Waals surface area (Å²) in [7, 11) is 0. The summed E-state index contributed by atoms with van der Waals surface area (Å²) in [6, 6.07) is 3.73. The fourth-order valence-electron chi connectivity index (χ4n) is 1.70. The van der Waals surface area contributed by atoms with E-state index in [1.807, 2.05) is 12.1 Å². The first-order valence-electron chi connectivity index (χ1n) is 5.50. The third-order valence-corrected chi connectivity index (χ3v) is 2.56. The Morgan fingerprint density at radius 2 is 2.33 bits per heavy atom. The van der Waals surface area contributed by atoms with Gasteiger partial charge in [0.15, 0.2) is 0 Å². The van der Waals surface area contributed by atoms with Gasteiger partial charge >= 0.3 is 0 Å². The van der Waals surface area contributed by atoms with Crippen LogP contribution in [0.4, 0.5) is 0 Å². The van der Waals surface area contributed by atoms with Gasteiger partial charge in [0.2, 0.25) is 5.82 Å². The molecule has 0 spiro atoms. The molecule has 1 atom stereocenters. The first-order valence-corrected chi connectivity index (χ1v) is 5.50. The molecule has 0 aliphatic carbocycles. The highest BCUT2D eigenvalue weighted by atomic mass is 35.5. The number of pyridine rings is 1. The molecule has 1 fully saturated rings. The predicted octanol–water partition coefficient (Wildman–Crippen LogP) is 1.21. The summed E-state index contributed by atoms with van der Waals surface area (Å²) in [5.74, 6) is 1.05. The third-order valence-electron chi connectivity index (χ3n) is 2.56. The van der Waals surface area contributed by atoms with E-state index in [0.717, 1.165) is 12.1 Å². The van der Waals surface area contributed by atoms with Gasteiger partial charge in [-0.05, 0) is 12.1 Å². The highest BCUT2D eigenvalue weighted by Gasteiger charge is 2.22. The molecule has 0 amide bonds. The molecule has 1 aliphatic rings. The minimum absolute atomic E-state index is 0. The van der Waals surface area contributed by atoms with Gasteiger partial charge in [0.25, 0.3) is 5.89 Å². The second kappa shape index (κ2) is 5.90. The maximum absolute atomic E-state index is 5.54. The van der Waals surface area contributed by atoms with Gasteiger partial charge in [-0.2, -0.15) is 4.98 Å². The van der Waals surface area contributed by atoms with Crippen LogP contribution in [0.3, 0.4) is 0 Å². The molecule has 2 aromatic heterocycles. The number of ether oxygens (including phenoxy) is 1. The van der Waals surface area contributed by atoms with Gasteiger partial charge in [0.1, 0.15) is 6.10 Å². The van der Waals surface area contributed by atoms with Gasteiger partial charge in [-0.15, -0.1) is 12.4 Å². The van der Waals surface area contributed by atoms with Crippen LogP contribution in [0, 0.1) is 0 Å². The zero-order valence-corrected chi connectivity index (χ0v) is 10.4. The van der Waals surface area contributed by atoms with Crippen molar-refractivity contribution < 1.29 is 9.26 Å². The van der Waals surface area contributed by atoms with Crippen LogP contribution in [0.5, 0.6) is 0 Å². The van der Waals surface area contributed by atoms with Crippen molar-refractivity contribution in [3.8, 4) is 11.4 Å². The van der Waals surface area contributed by atoms with Crippen molar-refractivity contribution in [2.75, 3.05) is 19.7 Å². The Morgan fingerprint density at radius 1 is 1.39 bits per heavy atom. The van der Waals surface area contributed by atoms with Crippen LogP contribution in [-0.4, -0.2) is 34.8 Å². The maximum atomic E-state index is 5.54. The van der Waals surface area contributed by atoms with Crippen LogP contribution in [0.15, 0.2) is 29.0 Å². The molecule has 3 rings (SSSR count). The molecule has 7 heteroatoms. The number of hydrogen-bond acceptors (Lipinski definition) is 6. The zero-order chi connectivity index (χ0) is 11.5. The van der Waals surface area contributed by atoms with E-state index in [2.05, 4.69) is 20.4 Å². The second-order valence-corrected chi connectivity index (χ2v) is 3.76. The molecule has 6 nitrogen and oxygen atoms in total. The Bertz CT molecular complexity index is 485.